The number of halogens is 1. The first-order chi connectivity index (χ1) is 10.5. The average molecular weight is 371 g/mol. The highest BCUT2D eigenvalue weighted by atomic mass is 79.9. The van der Waals surface area contributed by atoms with Crippen molar-refractivity contribution in [2.45, 2.75) is 19.8 Å². The van der Waals surface area contributed by atoms with E-state index in [0.717, 1.165) is 10.9 Å². The van der Waals surface area contributed by atoms with Crippen molar-refractivity contribution >= 4 is 33.7 Å². The Kier molecular flexibility index (Phi) is 8.21. The average Bonchev–Trinajstić information content (AvgIpc) is 2.51. The zero-order chi connectivity index (χ0) is 16.4. The van der Waals surface area contributed by atoms with Crippen LogP contribution in [0.3, 0.4) is 0 Å². The normalized spacial score (nSPS) is 9.91. The fourth-order valence-electron chi connectivity index (χ4n) is 1.52. The molecule has 0 saturated heterocycles. The highest BCUT2D eigenvalue weighted by Crippen LogP contribution is 2.10. The monoisotopic (exact) mass is 370 g/mol. The van der Waals surface area contributed by atoms with Gasteiger partial charge in [0.05, 0.1) is 6.42 Å². The number of benzene rings is 1. The van der Waals surface area contributed by atoms with Gasteiger partial charge in [0.25, 0.3) is 11.8 Å². The van der Waals surface area contributed by atoms with Crippen molar-refractivity contribution in [3.8, 4) is 0 Å². The van der Waals surface area contributed by atoms with Crippen molar-refractivity contribution in [3.63, 3.8) is 0 Å². The molecule has 0 aliphatic heterocycles. The smallest absolute Gasteiger partial charge is 0.308 e. The maximum Gasteiger partial charge on any atom is 0.308 e. The van der Waals surface area contributed by atoms with Crippen LogP contribution in [0.4, 0.5) is 0 Å². The largest absolute Gasteiger partial charge is 0.456 e. The number of carbonyl (C=O) groups is 3. The third-order valence-electron chi connectivity index (χ3n) is 2.66. The zero-order valence-electron chi connectivity index (χ0n) is 12.4. The quantitative estimate of drug-likeness (QED) is 0.681. The van der Waals surface area contributed by atoms with Gasteiger partial charge in [-0.25, -0.2) is 0 Å². The van der Waals surface area contributed by atoms with E-state index in [-0.39, 0.29) is 31.4 Å². The fourth-order valence-corrected chi connectivity index (χ4v) is 1.78. The number of nitrogens with one attached hydrogen (secondary N) is 2. The van der Waals surface area contributed by atoms with Gasteiger partial charge >= 0.3 is 5.97 Å². The molecule has 1 rings (SSSR count). The summed E-state index contributed by atoms with van der Waals surface area (Å²) in [5.74, 6) is -1.11. The second-order valence-corrected chi connectivity index (χ2v) is 5.44. The van der Waals surface area contributed by atoms with Crippen LogP contribution in [0.2, 0.25) is 0 Å². The molecular formula is C15H19BrN2O4. The molecule has 0 radical (unpaired) electrons. The topological polar surface area (TPSA) is 84.5 Å². The van der Waals surface area contributed by atoms with Crippen molar-refractivity contribution in [1.29, 1.82) is 0 Å². The van der Waals surface area contributed by atoms with E-state index in [1.165, 1.54) is 0 Å². The van der Waals surface area contributed by atoms with Gasteiger partial charge in [-0.1, -0.05) is 22.9 Å². The second-order valence-electron chi connectivity index (χ2n) is 4.52. The van der Waals surface area contributed by atoms with Crippen LogP contribution in [0.1, 0.15) is 30.1 Å². The first-order valence-electron chi connectivity index (χ1n) is 6.99. The maximum atomic E-state index is 11.8. The van der Waals surface area contributed by atoms with Gasteiger partial charge in [-0.2, -0.15) is 0 Å². The molecule has 2 amide bonds. The van der Waals surface area contributed by atoms with Crippen molar-refractivity contribution in [2.75, 3.05) is 19.7 Å². The molecule has 6 nitrogen and oxygen atoms in total. The van der Waals surface area contributed by atoms with Crippen molar-refractivity contribution in [1.82, 2.24) is 10.6 Å². The van der Waals surface area contributed by atoms with Crippen LogP contribution in [-0.4, -0.2) is 37.5 Å². The van der Waals surface area contributed by atoms with Crippen LogP contribution in [0, 0.1) is 0 Å². The number of carbonyl (C=O) groups excluding carboxylic acids is 3. The summed E-state index contributed by atoms with van der Waals surface area (Å²) in [6.07, 6.45) is 0.838. The summed E-state index contributed by atoms with van der Waals surface area (Å²) in [5, 5.41) is 5.21. The lowest BCUT2D eigenvalue weighted by molar-refractivity contribution is -0.148. The molecule has 0 spiro atoms. The number of rotatable bonds is 8. The summed E-state index contributed by atoms with van der Waals surface area (Å²) in [7, 11) is 0. The van der Waals surface area contributed by atoms with Crippen LogP contribution >= 0.6 is 15.9 Å². The van der Waals surface area contributed by atoms with E-state index >= 15 is 0 Å². The third-order valence-corrected chi connectivity index (χ3v) is 3.19. The summed E-state index contributed by atoms with van der Waals surface area (Å²) in [6.45, 7) is 2.35. The van der Waals surface area contributed by atoms with Gasteiger partial charge in [0, 0.05) is 23.1 Å². The predicted molar refractivity (Wildman–Crippen MR) is 85.4 cm³/mol. The highest BCUT2D eigenvalue weighted by molar-refractivity contribution is 9.10. The molecule has 22 heavy (non-hydrogen) atoms. The predicted octanol–water partition coefficient (Wildman–Crippen LogP) is 1.64. The molecular weight excluding hydrogens is 352 g/mol. The minimum atomic E-state index is -0.525. The number of esters is 1. The molecule has 0 aromatic heterocycles. The van der Waals surface area contributed by atoms with Crippen molar-refractivity contribution in [3.05, 3.63) is 34.3 Å². The zero-order valence-corrected chi connectivity index (χ0v) is 13.9. The fraction of sp³-hybridized carbons (Fsp3) is 0.400. The van der Waals surface area contributed by atoms with Gasteiger partial charge in [0.2, 0.25) is 0 Å². The van der Waals surface area contributed by atoms with Gasteiger partial charge in [-0.05, 0) is 30.7 Å². The Balaban J connectivity index is 2.20. The van der Waals surface area contributed by atoms with Crippen LogP contribution in [-0.2, 0) is 14.3 Å². The van der Waals surface area contributed by atoms with Crippen LogP contribution in [0.5, 0.6) is 0 Å². The van der Waals surface area contributed by atoms with E-state index in [4.69, 9.17) is 4.74 Å². The minimum Gasteiger partial charge on any atom is -0.456 e. The molecule has 2 N–H and O–H groups in total. The number of hydrogen-bond donors (Lipinski definition) is 2. The lowest BCUT2D eigenvalue weighted by Gasteiger charge is -2.07. The van der Waals surface area contributed by atoms with E-state index in [9.17, 15) is 14.4 Å². The Bertz CT molecular complexity index is 517. The van der Waals surface area contributed by atoms with Crippen molar-refractivity contribution in [2.24, 2.45) is 0 Å². The molecule has 1 aromatic rings. The Morgan fingerprint density at radius 3 is 2.41 bits per heavy atom. The van der Waals surface area contributed by atoms with E-state index in [0.29, 0.717) is 12.1 Å². The molecule has 0 unspecified atom stereocenters. The summed E-state index contributed by atoms with van der Waals surface area (Å²) in [4.78, 5) is 34.4. The number of hydrogen-bond acceptors (Lipinski definition) is 4. The van der Waals surface area contributed by atoms with E-state index in [1.807, 2.05) is 6.92 Å². The molecule has 0 atom stereocenters. The lowest BCUT2D eigenvalue weighted by atomic mass is 10.2. The van der Waals surface area contributed by atoms with Crippen LogP contribution in [0.15, 0.2) is 28.7 Å². The first kappa shape index (κ1) is 18.2. The Labute approximate surface area is 137 Å². The van der Waals surface area contributed by atoms with Gasteiger partial charge in [0.1, 0.15) is 0 Å². The van der Waals surface area contributed by atoms with E-state index in [1.54, 1.807) is 24.3 Å². The van der Waals surface area contributed by atoms with Crippen molar-refractivity contribution < 1.29 is 19.1 Å². The van der Waals surface area contributed by atoms with Gasteiger partial charge < -0.3 is 15.4 Å². The summed E-state index contributed by atoms with van der Waals surface area (Å²) in [6, 6.07) is 6.88. The van der Waals surface area contributed by atoms with Gasteiger partial charge in [0.15, 0.2) is 6.61 Å². The lowest BCUT2D eigenvalue weighted by Crippen LogP contribution is -2.30. The molecule has 120 valence electrons. The summed E-state index contributed by atoms with van der Waals surface area (Å²) >= 11 is 3.29. The number of ether oxygens (including phenoxy) is 1. The molecule has 0 fully saturated rings. The van der Waals surface area contributed by atoms with E-state index in [2.05, 4.69) is 26.6 Å². The highest BCUT2D eigenvalue weighted by Gasteiger charge is 2.09. The SMILES string of the molecule is CCCNC(=O)COC(=O)CCNC(=O)c1ccc(Br)cc1. The molecule has 0 aliphatic rings. The van der Waals surface area contributed by atoms with Crippen LogP contribution in [0.25, 0.3) is 0 Å². The molecule has 0 saturated carbocycles. The Morgan fingerprint density at radius 1 is 1.09 bits per heavy atom. The molecule has 1 aromatic carbocycles. The summed E-state index contributed by atoms with van der Waals surface area (Å²) < 4.78 is 5.68. The van der Waals surface area contributed by atoms with E-state index < -0.39 is 5.97 Å². The van der Waals surface area contributed by atoms with Gasteiger partial charge in [-0.15, -0.1) is 0 Å². The van der Waals surface area contributed by atoms with Gasteiger partial charge in [-0.3, -0.25) is 14.4 Å². The Hall–Kier alpha value is -1.89. The first-order valence-corrected chi connectivity index (χ1v) is 7.78. The Morgan fingerprint density at radius 2 is 1.77 bits per heavy atom. The number of amides is 2. The van der Waals surface area contributed by atoms with Crippen LogP contribution < -0.4 is 10.6 Å². The second kappa shape index (κ2) is 9.94. The summed E-state index contributed by atoms with van der Waals surface area (Å²) in [5.41, 5.74) is 0.510. The standard InChI is InChI=1S/C15H19BrN2O4/c1-2-8-17-13(19)10-22-14(20)7-9-18-15(21)11-3-5-12(16)6-4-11/h3-6H,2,7-10H2,1H3,(H,17,19)(H,18,21). The minimum absolute atomic E-state index is 0.0172. The molecule has 0 bridgehead atoms. The third kappa shape index (κ3) is 7.21. The molecule has 0 aliphatic carbocycles. The molecule has 0 heterocycles. The molecule has 7 heteroatoms. The maximum absolute atomic E-state index is 11.8.